The third-order valence-corrected chi connectivity index (χ3v) is 9.34. The van der Waals surface area contributed by atoms with Gasteiger partial charge in [0.2, 0.25) is 11.8 Å². The lowest BCUT2D eigenvalue weighted by Crippen LogP contribution is -2.53. The molecule has 3 aromatic carbocycles. The van der Waals surface area contributed by atoms with Gasteiger partial charge in [-0.05, 0) is 67.8 Å². The molecule has 1 N–H and O–H groups in total. The largest absolute Gasteiger partial charge is 0.352 e. The number of halogens is 4. The van der Waals surface area contributed by atoms with Gasteiger partial charge in [0, 0.05) is 12.6 Å². The zero-order chi connectivity index (χ0) is 30.3. The number of carbonyl (C=O) groups excluding carboxylic acids is 2. The Labute approximate surface area is 255 Å². The predicted octanol–water partition coefficient (Wildman–Crippen LogP) is 6.70. The third-order valence-electron chi connectivity index (χ3n) is 6.53. The number of carbonyl (C=O) groups is 2. The molecular formula is C29H31Cl3FN3O4S. The summed E-state index contributed by atoms with van der Waals surface area (Å²) in [5.74, 6) is -1.78. The van der Waals surface area contributed by atoms with Gasteiger partial charge in [-0.2, -0.15) is 0 Å². The van der Waals surface area contributed by atoms with Crippen molar-refractivity contribution in [2.75, 3.05) is 10.8 Å². The summed E-state index contributed by atoms with van der Waals surface area (Å²) in [4.78, 5) is 28.6. The molecule has 2 atom stereocenters. The fourth-order valence-electron chi connectivity index (χ4n) is 4.08. The van der Waals surface area contributed by atoms with Gasteiger partial charge in [0.1, 0.15) is 18.4 Å². The Kier molecular flexibility index (Phi) is 11.4. The molecule has 2 amide bonds. The molecule has 0 aromatic heterocycles. The first-order chi connectivity index (χ1) is 19.4. The van der Waals surface area contributed by atoms with Crippen LogP contribution in [-0.4, -0.2) is 43.8 Å². The second-order valence-electron chi connectivity index (χ2n) is 9.44. The van der Waals surface area contributed by atoms with Gasteiger partial charge in [-0.3, -0.25) is 13.9 Å². The molecule has 0 aliphatic carbocycles. The smallest absolute Gasteiger partial charge is 0.264 e. The van der Waals surface area contributed by atoms with Crippen LogP contribution in [0.25, 0.3) is 0 Å². The van der Waals surface area contributed by atoms with Crippen LogP contribution in [0.1, 0.15) is 39.2 Å². The van der Waals surface area contributed by atoms with Crippen LogP contribution in [0.2, 0.25) is 15.1 Å². The number of anilines is 1. The van der Waals surface area contributed by atoms with Crippen LogP contribution >= 0.6 is 34.8 Å². The van der Waals surface area contributed by atoms with Crippen molar-refractivity contribution < 1.29 is 22.4 Å². The van der Waals surface area contributed by atoms with Gasteiger partial charge in [-0.15, -0.1) is 0 Å². The molecule has 7 nitrogen and oxygen atoms in total. The first-order valence-corrected chi connectivity index (χ1v) is 15.5. The highest BCUT2D eigenvalue weighted by molar-refractivity contribution is 7.92. The van der Waals surface area contributed by atoms with Crippen LogP contribution in [0.5, 0.6) is 0 Å². The highest BCUT2D eigenvalue weighted by Crippen LogP contribution is 2.29. The van der Waals surface area contributed by atoms with Crippen LogP contribution in [0.4, 0.5) is 10.1 Å². The monoisotopic (exact) mass is 641 g/mol. The third kappa shape index (κ3) is 8.13. The molecule has 0 aliphatic rings. The topological polar surface area (TPSA) is 86.8 Å². The summed E-state index contributed by atoms with van der Waals surface area (Å²) in [7, 11) is -4.31. The lowest BCUT2D eigenvalue weighted by Gasteiger charge is -2.33. The Hall–Kier alpha value is -2.85. The van der Waals surface area contributed by atoms with E-state index < -0.39 is 34.3 Å². The van der Waals surface area contributed by atoms with Crippen LogP contribution in [0.15, 0.2) is 71.6 Å². The van der Waals surface area contributed by atoms with E-state index >= 15 is 0 Å². The number of hydrogen-bond acceptors (Lipinski definition) is 4. The molecular weight excluding hydrogens is 612 g/mol. The number of rotatable bonds is 12. The highest BCUT2D eigenvalue weighted by atomic mass is 35.5. The molecule has 0 aliphatic heterocycles. The van der Waals surface area contributed by atoms with E-state index in [0.29, 0.717) is 17.0 Å². The van der Waals surface area contributed by atoms with Crippen molar-refractivity contribution in [1.82, 2.24) is 10.2 Å². The normalized spacial score (nSPS) is 12.9. The van der Waals surface area contributed by atoms with Crippen LogP contribution in [-0.2, 0) is 26.2 Å². The van der Waals surface area contributed by atoms with Crippen LogP contribution < -0.4 is 9.62 Å². The van der Waals surface area contributed by atoms with E-state index in [1.165, 1.54) is 23.1 Å². The molecule has 0 saturated carbocycles. The Bertz CT molecular complexity index is 1490. The number of benzene rings is 3. The summed E-state index contributed by atoms with van der Waals surface area (Å²) in [6, 6.07) is 14.7. The van der Waals surface area contributed by atoms with Gasteiger partial charge in [0.05, 0.1) is 25.7 Å². The Morgan fingerprint density at radius 3 is 2.17 bits per heavy atom. The number of hydrogen-bond donors (Lipinski definition) is 1. The van der Waals surface area contributed by atoms with E-state index in [2.05, 4.69) is 5.32 Å². The predicted molar refractivity (Wildman–Crippen MR) is 161 cm³/mol. The van der Waals surface area contributed by atoms with Crippen molar-refractivity contribution in [2.45, 2.75) is 57.1 Å². The minimum Gasteiger partial charge on any atom is -0.352 e. The molecule has 3 rings (SSSR count). The molecule has 0 bridgehead atoms. The zero-order valence-electron chi connectivity index (χ0n) is 22.8. The number of amides is 2. The van der Waals surface area contributed by atoms with E-state index in [0.717, 1.165) is 16.4 Å². The average Bonchev–Trinajstić information content (AvgIpc) is 2.95. The molecule has 0 radical (unpaired) electrons. The summed E-state index contributed by atoms with van der Waals surface area (Å²) >= 11 is 18.3. The maximum Gasteiger partial charge on any atom is 0.264 e. The Balaban J connectivity index is 2.09. The lowest BCUT2D eigenvalue weighted by molar-refractivity contribution is -0.140. The van der Waals surface area contributed by atoms with E-state index in [-0.39, 0.29) is 45.5 Å². The molecule has 12 heteroatoms. The summed E-state index contributed by atoms with van der Waals surface area (Å²) < 4.78 is 42.5. The van der Waals surface area contributed by atoms with Crippen molar-refractivity contribution in [2.24, 2.45) is 0 Å². The van der Waals surface area contributed by atoms with Gasteiger partial charge >= 0.3 is 0 Å². The van der Waals surface area contributed by atoms with Gasteiger partial charge in [-0.1, -0.05) is 72.9 Å². The second-order valence-corrected chi connectivity index (χ2v) is 12.5. The maximum absolute atomic E-state index is 14.0. The van der Waals surface area contributed by atoms with Crippen molar-refractivity contribution >= 4 is 62.3 Å². The molecule has 0 heterocycles. The summed E-state index contributed by atoms with van der Waals surface area (Å²) in [6.07, 6.45) is 0.931. The first-order valence-electron chi connectivity index (χ1n) is 13.0. The van der Waals surface area contributed by atoms with Gasteiger partial charge in [0.15, 0.2) is 0 Å². The minimum absolute atomic E-state index is 0.0137. The molecule has 0 unspecified atom stereocenters. The molecule has 0 fully saturated rings. The summed E-state index contributed by atoms with van der Waals surface area (Å²) in [6.45, 7) is 4.79. The highest BCUT2D eigenvalue weighted by Gasteiger charge is 2.34. The molecule has 0 saturated heterocycles. The van der Waals surface area contributed by atoms with E-state index in [1.54, 1.807) is 43.3 Å². The van der Waals surface area contributed by atoms with Crippen molar-refractivity contribution in [3.63, 3.8) is 0 Å². The number of sulfonamides is 1. The second kappa shape index (κ2) is 14.4. The Morgan fingerprint density at radius 1 is 0.902 bits per heavy atom. The average molecular weight is 643 g/mol. The minimum atomic E-state index is -4.31. The van der Waals surface area contributed by atoms with Crippen molar-refractivity contribution in [1.29, 1.82) is 0 Å². The van der Waals surface area contributed by atoms with E-state index in [1.807, 2.05) is 13.8 Å². The van der Waals surface area contributed by atoms with Crippen molar-refractivity contribution in [3.05, 3.63) is 93.2 Å². The summed E-state index contributed by atoms with van der Waals surface area (Å²) in [5, 5.41) is 3.19. The SMILES string of the molecule is CC[C@H](C(=O)N[C@@H](C)CC)N(Cc1ccc(Cl)c(Cl)c1)C(=O)CN(c1ccc(F)c(Cl)c1)S(=O)(=O)c1ccccc1. The molecule has 3 aromatic rings. The van der Waals surface area contributed by atoms with Gasteiger partial charge in [0.25, 0.3) is 10.0 Å². The summed E-state index contributed by atoms with van der Waals surface area (Å²) in [5.41, 5.74) is 0.574. The van der Waals surface area contributed by atoms with E-state index in [9.17, 15) is 22.4 Å². The van der Waals surface area contributed by atoms with Gasteiger partial charge < -0.3 is 10.2 Å². The van der Waals surface area contributed by atoms with Crippen LogP contribution in [0, 0.1) is 5.82 Å². The maximum atomic E-state index is 14.0. The van der Waals surface area contributed by atoms with Gasteiger partial charge in [-0.25, -0.2) is 12.8 Å². The molecule has 0 spiro atoms. The fourth-order valence-corrected chi connectivity index (χ4v) is 6.01. The quantitative estimate of drug-likeness (QED) is 0.238. The van der Waals surface area contributed by atoms with E-state index in [4.69, 9.17) is 34.8 Å². The number of nitrogens with one attached hydrogen (secondary N) is 1. The number of nitrogens with zero attached hydrogens (tertiary/aromatic N) is 2. The zero-order valence-corrected chi connectivity index (χ0v) is 25.9. The fraction of sp³-hybridized carbons (Fsp3) is 0.310. The van der Waals surface area contributed by atoms with Crippen LogP contribution in [0.3, 0.4) is 0 Å². The first kappa shape index (κ1) is 32.7. The Morgan fingerprint density at radius 2 is 1.59 bits per heavy atom. The van der Waals surface area contributed by atoms with Crippen molar-refractivity contribution in [3.8, 4) is 0 Å². The molecule has 220 valence electrons. The lowest BCUT2D eigenvalue weighted by atomic mass is 10.1. The molecule has 41 heavy (non-hydrogen) atoms. The standard InChI is InChI=1S/C29H31Cl3FN3O4S/c1-4-19(3)34-29(38)27(5-2)35(17-20-11-13-23(30)24(31)15-20)28(37)18-36(21-12-14-26(33)25(32)16-21)41(39,40)22-9-7-6-8-10-22/h6-16,19,27H,4-5,17-18H2,1-3H3,(H,34,38)/t19-,27+/m0/s1.